The minimum absolute atomic E-state index is 0.545. The fraction of sp³-hybridized carbons (Fsp3) is 0. The molecular formula is C16H11N3S2. The first-order valence-corrected chi connectivity index (χ1v) is 8.23. The van der Waals surface area contributed by atoms with E-state index in [0.717, 1.165) is 26.2 Å². The molecule has 1 aromatic carbocycles. The van der Waals surface area contributed by atoms with Gasteiger partial charge in [-0.15, -0.1) is 22.7 Å². The largest absolute Gasteiger partial charge is 0.383 e. The van der Waals surface area contributed by atoms with Crippen LogP contribution in [0.2, 0.25) is 0 Å². The fourth-order valence-electron chi connectivity index (χ4n) is 2.31. The number of rotatable bonds is 2. The van der Waals surface area contributed by atoms with Crippen molar-refractivity contribution < 1.29 is 0 Å². The van der Waals surface area contributed by atoms with Crippen molar-refractivity contribution in [1.82, 2.24) is 9.97 Å². The van der Waals surface area contributed by atoms with E-state index in [9.17, 15) is 0 Å². The Hall–Kier alpha value is -2.24. The zero-order valence-electron chi connectivity index (χ0n) is 11.0. The van der Waals surface area contributed by atoms with Gasteiger partial charge in [0.15, 0.2) is 5.82 Å². The van der Waals surface area contributed by atoms with Crippen LogP contribution in [0.15, 0.2) is 53.2 Å². The summed E-state index contributed by atoms with van der Waals surface area (Å²) in [5, 5.41) is 5.07. The second-order valence-electron chi connectivity index (χ2n) is 4.61. The van der Waals surface area contributed by atoms with Gasteiger partial charge in [-0.05, 0) is 17.0 Å². The molecule has 0 atom stereocenters. The van der Waals surface area contributed by atoms with Gasteiger partial charge in [0.25, 0.3) is 0 Å². The van der Waals surface area contributed by atoms with Crippen molar-refractivity contribution in [3.05, 3.63) is 53.2 Å². The highest BCUT2D eigenvalue weighted by molar-refractivity contribution is 7.17. The van der Waals surface area contributed by atoms with Gasteiger partial charge >= 0.3 is 0 Å². The summed E-state index contributed by atoms with van der Waals surface area (Å²) >= 11 is 3.23. The normalized spacial score (nSPS) is 11.0. The van der Waals surface area contributed by atoms with Crippen molar-refractivity contribution in [1.29, 1.82) is 0 Å². The van der Waals surface area contributed by atoms with E-state index in [1.54, 1.807) is 22.7 Å². The van der Waals surface area contributed by atoms with Gasteiger partial charge in [0.2, 0.25) is 0 Å². The van der Waals surface area contributed by atoms with Crippen LogP contribution in [0.25, 0.3) is 32.0 Å². The first kappa shape index (κ1) is 12.5. The molecule has 0 unspecified atom stereocenters. The molecule has 0 spiro atoms. The smallest absolute Gasteiger partial charge is 0.173 e. The van der Waals surface area contributed by atoms with Gasteiger partial charge in [-0.1, -0.05) is 36.4 Å². The number of nitrogen functional groups attached to an aromatic ring is 1. The van der Waals surface area contributed by atoms with Crippen LogP contribution in [-0.2, 0) is 0 Å². The summed E-state index contributed by atoms with van der Waals surface area (Å²) in [6, 6.07) is 14.2. The Balaban J connectivity index is 1.94. The summed E-state index contributed by atoms with van der Waals surface area (Å²) in [6.45, 7) is 0. The number of thiophene rings is 2. The molecule has 4 rings (SSSR count). The third-order valence-corrected chi connectivity index (χ3v) is 5.03. The second kappa shape index (κ2) is 4.95. The number of nitrogens with two attached hydrogens (primary N) is 1. The van der Waals surface area contributed by atoms with Crippen LogP contribution in [0.3, 0.4) is 0 Å². The Morgan fingerprint density at radius 1 is 0.905 bits per heavy atom. The van der Waals surface area contributed by atoms with Gasteiger partial charge in [-0.2, -0.15) is 0 Å². The minimum atomic E-state index is 0.545. The molecule has 2 N–H and O–H groups in total. The second-order valence-corrected chi connectivity index (χ2v) is 6.41. The summed E-state index contributed by atoms with van der Waals surface area (Å²) in [7, 11) is 0. The Morgan fingerprint density at radius 2 is 1.76 bits per heavy atom. The van der Waals surface area contributed by atoms with Gasteiger partial charge in [-0.3, -0.25) is 0 Å². The zero-order valence-corrected chi connectivity index (χ0v) is 12.6. The number of aromatic nitrogens is 2. The van der Waals surface area contributed by atoms with Crippen LogP contribution in [0.4, 0.5) is 5.82 Å². The first-order chi connectivity index (χ1) is 10.3. The Labute approximate surface area is 129 Å². The topological polar surface area (TPSA) is 51.8 Å². The van der Waals surface area contributed by atoms with Gasteiger partial charge in [0, 0.05) is 10.9 Å². The lowest BCUT2D eigenvalue weighted by Crippen LogP contribution is -1.96. The lowest BCUT2D eigenvalue weighted by molar-refractivity contribution is 1.26. The standard InChI is InChI=1S/C16H11N3S2/c17-14-13-11(10-5-2-1-3-6-10)9-21-16(13)19-15(18-14)12-7-4-8-20-12/h1-9H,(H2,17,18,19). The van der Waals surface area contributed by atoms with E-state index in [4.69, 9.17) is 5.73 Å². The molecule has 21 heavy (non-hydrogen) atoms. The average Bonchev–Trinajstić information content (AvgIpc) is 3.17. The quantitative estimate of drug-likeness (QED) is 0.585. The van der Waals surface area contributed by atoms with E-state index in [1.165, 1.54) is 0 Å². The number of anilines is 1. The number of hydrogen-bond acceptors (Lipinski definition) is 5. The first-order valence-electron chi connectivity index (χ1n) is 6.47. The SMILES string of the molecule is Nc1nc(-c2cccs2)nc2scc(-c3ccccc3)c12. The van der Waals surface area contributed by atoms with Crippen LogP contribution in [0.5, 0.6) is 0 Å². The average molecular weight is 309 g/mol. The number of fused-ring (bicyclic) bond motifs is 1. The summed E-state index contributed by atoms with van der Waals surface area (Å²) in [5.41, 5.74) is 8.45. The van der Waals surface area contributed by atoms with Crippen molar-refractivity contribution in [2.45, 2.75) is 0 Å². The molecule has 0 radical (unpaired) electrons. The number of nitrogens with zero attached hydrogens (tertiary/aromatic N) is 2. The molecule has 3 aromatic heterocycles. The van der Waals surface area contributed by atoms with E-state index < -0.39 is 0 Å². The molecule has 0 aliphatic carbocycles. The monoisotopic (exact) mass is 309 g/mol. The molecule has 102 valence electrons. The van der Waals surface area contributed by atoms with Crippen LogP contribution in [0, 0.1) is 0 Å². The third-order valence-electron chi connectivity index (χ3n) is 3.29. The van der Waals surface area contributed by atoms with Crippen LogP contribution in [0.1, 0.15) is 0 Å². The summed E-state index contributed by atoms with van der Waals surface area (Å²) in [4.78, 5) is 11.1. The minimum Gasteiger partial charge on any atom is -0.383 e. The highest BCUT2D eigenvalue weighted by Gasteiger charge is 2.14. The molecule has 0 aliphatic heterocycles. The van der Waals surface area contributed by atoms with Crippen LogP contribution < -0.4 is 5.73 Å². The van der Waals surface area contributed by atoms with E-state index in [2.05, 4.69) is 27.5 Å². The van der Waals surface area contributed by atoms with Crippen molar-refractivity contribution >= 4 is 38.7 Å². The van der Waals surface area contributed by atoms with Crippen molar-refractivity contribution in [3.8, 4) is 21.8 Å². The number of benzene rings is 1. The van der Waals surface area contributed by atoms with Gasteiger partial charge < -0.3 is 5.73 Å². The molecule has 0 bridgehead atoms. The highest BCUT2D eigenvalue weighted by Crippen LogP contribution is 2.37. The van der Waals surface area contributed by atoms with Gasteiger partial charge in [0.1, 0.15) is 10.6 Å². The maximum Gasteiger partial charge on any atom is 0.173 e. The van der Waals surface area contributed by atoms with E-state index in [1.807, 2.05) is 35.7 Å². The Morgan fingerprint density at radius 3 is 2.52 bits per heavy atom. The van der Waals surface area contributed by atoms with Crippen molar-refractivity contribution in [3.63, 3.8) is 0 Å². The number of hydrogen-bond donors (Lipinski definition) is 1. The highest BCUT2D eigenvalue weighted by atomic mass is 32.1. The van der Waals surface area contributed by atoms with Crippen molar-refractivity contribution in [2.24, 2.45) is 0 Å². The molecule has 0 aliphatic rings. The molecule has 0 amide bonds. The summed E-state index contributed by atoms with van der Waals surface area (Å²) < 4.78 is 0. The van der Waals surface area contributed by atoms with Crippen molar-refractivity contribution in [2.75, 3.05) is 5.73 Å². The predicted octanol–water partition coefficient (Wildman–Crippen LogP) is 4.67. The third kappa shape index (κ3) is 2.11. The maximum atomic E-state index is 6.21. The predicted molar refractivity (Wildman–Crippen MR) is 90.6 cm³/mol. The van der Waals surface area contributed by atoms with Crippen LogP contribution >= 0.6 is 22.7 Å². The fourth-order valence-corrected chi connectivity index (χ4v) is 3.93. The van der Waals surface area contributed by atoms with E-state index >= 15 is 0 Å². The Kier molecular flexibility index (Phi) is 2.94. The molecule has 5 heteroatoms. The summed E-state index contributed by atoms with van der Waals surface area (Å²) in [5.74, 6) is 1.25. The molecule has 4 aromatic rings. The Bertz CT molecular complexity index is 896. The molecule has 0 saturated heterocycles. The molecule has 3 nitrogen and oxygen atoms in total. The molecular weight excluding hydrogens is 298 g/mol. The van der Waals surface area contributed by atoms with Gasteiger partial charge in [0.05, 0.1) is 10.3 Å². The van der Waals surface area contributed by atoms with Gasteiger partial charge in [-0.25, -0.2) is 9.97 Å². The zero-order chi connectivity index (χ0) is 14.2. The maximum absolute atomic E-state index is 6.21. The summed E-state index contributed by atoms with van der Waals surface area (Å²) in [6.07, 6.45) is 0. The lowest BCUT2D eigenvalue weighted by atomic mass is 10.1. The lowest BCUT2D eigenvalue weighted by Gasteiger charge is -2.03. The van der Waals surface area contributed by atoms with E-state index in [-0.39, 0.29) is 0 Å². The molecule has 3 heterocycles. The van der Waals surface area contributed by atoms with Crippen LogP contribution in [-0.4, -0.2) is 9.97 Å². The molecule has 0 saturated carbocycles. The van der Waals surface area contributed by atoms with E-state index in [0.29, 0.717) is 11.6 Å². The molecule has 0 fully saturated rings.